The molecule has 7 heteroatoms. The first-order chi connectivity index (χ1) is 14.8. The molecule has 4 aliphatic carbocycles. The summed E-state index contributed by atoms with van der Waals surface area (Å²) in [6.07, 6.45) is 8.63. The molecule has 31 heavy (non-hydrogen) atoms. The number of rotatable bonds is 5. The van der Waals surface area contributed by atoms with Gasteiger partial charge in [0.05, 0.1) is 16.4 Å². The van der Waals surface area contributed by atoms with Crippen LogP contribution in [0.4, 0.5) is 0 Å². The fourth-order valence-corrected chi connectivity index (χ4v) is 7.42. The minimum Gasteiger partial charge on any atom is -0.491 e. The number of benzene rings is 1. The van der Waals surface area contributed by atoms with E-state index in [-0.39, 0.29) is 23.3 Å². The smallest absolute Gasteiger partial charge is 0.285 e. The molecule has 164 valence electrons. The van der Waals surface area contributed by atoms with Crippen LogP contribution in [0.25, 0.3) is 6.08 Å². The van der Waals surface area contributed by atoms with Crippen molar-refractivity contribution in [1.29, 1.82) is 0 Å². The third-order valence-corrected chi connectivity index (χ3v) is 8.38. The van der Waals surface area contributed by atoms with E-state index in [4.69, 9.17) is 17.0 Å². The van der Waals surface area contributed by atoms with E-state index >= 15 is 0 Å². The number of carbonyl (C=O) groups excluding carboxylic acids is 2. The Balaban J connectivity index is 1.28. The van der Waals surface area contributed by atoms with E-state index in [1.54, 1.807) is 0 Å². The molecular formula is C24H28N2O3S2. The summed E-state index contributed by atoms with van der Waals surface area (Å²) in [7, 11) is 0. The number of carbonyl (C=O) groups is 2. The summed E-state index contributed by atoms with van der Waals surface area (Å²) in [5.74, 6) is 2.54. The zero-order valence-corrected chi connectivity index (χ0v) is 19.6. The number of amides is 2. The predicted octanol–water partition coefficient (Wildman–Crippen LogP) is 4.92. The average molecular weight is 457 g/mol. The molecule has 2 amide bonds. The maximum Gasteiger partial charge on any atom is 0.285 e. The minimum absolute atomic E-state index is 0.0145. The van der Waals surface area contributed by atoms with Gasteiger partial charge >= 0.3 is 0 Å². The molecule has 1 aromatic rings. The van der Waals surface area contributed by atoms with E-state index < -0.39 is 0 Å². The molecule has 1 saturated heterocycles. The maximum absolute atomic E-state index is 13.3. The van der Waals surface area contributed by atoms with Gasteiger partial charge in [0, 0.05) is 0 Å². The molecule has 5 fully saturated rings. The van der Waals surface area contributed by atoms with Crippen LogP contribution in [0.3, 0.4) is 0 Å². The lowest BCUT2D eigenvalue weighted by Crippen LogP contribution is -2.57. The Bertz CT molecular complexity index is 919. The van der Waals surface area contributed by atoms with E-state index in [0.29, 0.717) is 27.0 Å². The number of hydrazine groups is 1. The number of ether oxygens (including phenoxy) is 1. The van der Waals surface area contributed by atoms with Crippen LogP contribution < -0.4 is 10.2 Å². The van der Waals surface area contributed by atoms with Gasteiger partial charge in [-0.15, -0.1) is 0 Å². The van der Waals surface area contributed by atoms with Crippen molar-refractivity contribution in [3.8, 4) is 5.75 Å². The Hall–Kier alpha value is -1.86. The van der Waals surface area contributed by atoms with Crippen LogP contribution in [0.15, 0.2) is 29.2 Å². The number of nitrogens with zero attached hydrogens (tertiary/aromatic N) is 1. The number of thiocarbonyl (C=S) groups is 1. The molecule has 4 bridgehead atoms. The van der Waals surface area contributed by atoms with Crippen LogP contribution in [0, 0.1) is 23.2 Å². The highest BCUT2D eigenvalue weighted by atomic mass is 32.2. The van der Waals surface area contributed by atoms with Crippen LogP contribution in [0.5, 0.6) is 5.75 Å². The van der Waals surface area contributed by atoms with Gasteiger partial charge in [0.2, 0.25) is 5.91 Å². The summed E-state index contributed by atoms with van der Waals surface area (Å²) in [5, 5.41) is 1.28. The van der Waals surface area contributed by atoms with Crippen molar-refractivity contribution in [1.82, 2.24) is 10.4 Å². The topological polar surface area (TPSA) is 58.6 Å². The normalized spacial score (nSPS) is 32.9. The summed E-state index contributed by atoms with van der Waals surface area (Å²) in [6, 6.07) is 7.61. The summed E-state index contributed by atoms with van der Waals surface area (Å²) in [5.41, 5.74) is 3.49. The standard InChI is InChI=1S/C24H28N2O3S2/c1-14(2)29-19-5-3-15(4-6-19)10-20-21(27)26(23(30)31-20)25-22(28)24-11-16-7-17(12-24)9-18(8-16)13-24/h3-6,10,14,16-18H,7-9,11-13H2,1-2H3,(H,25,28)/b20-10+. The van der Waals surface area contributed by atoms with Gasteiger partial charge in [-0.2, -0.15) is 5.01 Å². The van der Waals surface area contributed by atoms with Gasteiger partial charge in [0.1, 0.15) is 5.75 Å². The Morgan fingerprint density at radius 3 is 2.29 bits per heavy atom. The van der Waals surface area contributed by atoms with E-state index in [1.807, 2.05) is 44.2 Å². The fraction of sp³-hybridized carbons (Fsp3) is 0.542. The van der Waals surface area contributed by atoms with E-state index in [0.717, 1.165) is 30.6 Å². The first kappa shape index (κ1) is 21.0. The third kappa shape index (κ3) is 4.02. The zero-order chi connectivity index (χ0) is 21.8. The van der Waals surface area contributed by atoms with Gasteiger partial charge in [0.15, 0.2) is 4.32 Å². The van der Waals surface area contributed by atoms with E-state index in [9.17, 15) is 9.59 Å². The Labute approximate surface area is 192 Å². The van der Waals surface area contributed by atoms with Gasteiger partial charge in [-0.25, -0.2) is 0 Å². The molecule has 5 nitrogen and oxygen atoms in total. The SMILES string of the molecule is CC(C)Oc1ccc(/C=C2/SC(=S)N(NC(=O)C34CC5CC(CC(C5)C3)C4)C2=O)cc1. The molecule has 1 aliphatic heterocycles. The molecule has 0 unspecified atom stereocenters. The molecule has 0 spiro atoms. The molecule has 0 aromatic heterocycles. The second kappa shape index (κ2) is 7.93. The van der Waals surface area contributed by atoms with Gasteiger partial charge in [-0.05, 0) is 106 Å². The van der Waals surface area contributed by atoms with E-state index in [2.05, 4.69) is 5.43 Å². The van der Waals surface area contributed by atoms with Crippen molar-refractivity contribution in [2.45, 2.75) is 58.5 Å². The summed E-state index contributed by atoms with van der Waals surface area (Å²) >= 11 is 6.67. The van der Waals surface area contributed by atoms with Gasteiger partial charge in [-0.3, -0.25) is 15.0 Å². The van der Waals surface area contributed by atoms with Crippen LogP contribution in [0.2, 0.25) is 0 Å². The Kier molecular flexibility index (Phi) is 5.37. The predicted molar refractivity (Wildman–Crippen MR) is 126 cm³/mol. The number of hydrogen-bond donors (Lipinski definition) is 1. The van der Waals surface area contributed by atoms with E-state index in [1.165, 1.54) is 36.0 Å². The Morgan fingerprint density at radius 1 is 1.16 bits per heavy atom. The van der Waals surface area contributed by atoms with Crippen LogP contribution in [-0.4, -0.2) is 27.2 Å². The number of thioether (sulfide) groups is 1. The van der Waals surface area contributed by atoms with Crippen molar-refractivity contribution >= 4 is 46.2 Å². The quantitative estimate of drug-likeness (QED) is 0.503. The molecule has 0 radical (unpaired) electrons. The highest BCUT2D eigenvalue weighted by molar-refractivity contribution is 8.26. The molecule has 0 atom stereocenters. The number of nitrogens with one attached hydrogen (secondary N) is 1. The first-order valence-electron chi connectivity index (χ1n) is 11.2. The minimum atomic E-state index is -0.311. The summed E-state index contributed by atoms with van der Waals surface area (Å²) < 4.78 is 6.05. The lowest BCUT2D eigenvalue weighted by atomic mass is 9.49. The zero-order valence-electron chi connectivity index (χ0n) is 17.9. The van der Waals surface area contributed by atoms with Gasteiger partial charge in [0.25, 0.3) is 5.91 Å². The highest BCUT2D eigenvalue weighted by Gasteiger charge is 2.55. The molecule has 1 N–H and O–H groups in total. The van der Waals surface area contributed by atoms with Crippen LogP contribution >= 0.6 is 24.0 Å². The Morgan fingerprint density at radius 2 is 1.74 bits per heavy atom. The molecule has 5 aliphatic rings. The first-order valence-corrected chi connectivity index (χ1v) is 12.4. The van der Waals surface area contributed by atoms with Crippen molar-refractivity contribution in [3.05, 3.63) is 34.7 Å². The van der Waals surface area contributed by atoms with Crippen molar-refractivity contribution < 1.29 is 14.3 Å². The monoisotopic (exact) mass is 456 g/mol. The second-order valence-electron chi connectivity index (χ2n) is 9.89. The average Bonchev–Trinajstić information content (AvgIpc) is 2.95. The van der Waals surface area contributed by atoms with Crippen molar-refractivity contribution in [3.63, 3.8) is 0 Å². The van der Waals surface area contributed by atoms with Crippen molar-refractivity contribution in [2.24, 2.45) is 23.2 Å². The highest BCUT2D eigenvalue weighted by Crippen LogP contribution is 2.60. The number of hydrogen-bond acceptors (Lipinski definition) is 5. The summed E-state index contributed by atoms with van der Waals surface area (Å²) in [6.45, 7) is 3.97. The molecule has 6 rings (SSSR count). The molecule has 1 aromatic carbocycles. The van der Waals surface area contributed by atoms with Crippen molar-refractivity contribution in [2.75, 3.05) is 0 Å². The van der Waals surface area contributed by atoms with Crippen LogP contribution in [-0.2, 0) is 9.59 Å². The molecule has 1 heterocycles. The fourth-order valence-electron chi connectivity index (χ4n) is 6.24. The largest absolute Gasteiger partial charge is 0.491 e. The van der Waals surface area contributed by atoms with Gasteiger partial charge in [-0.1, -0.05) is 23.9 Å². The third-order valence-electron chi connectivity index (χ3n) is 7.08. The lowest BCUT2D eigenvalue weighted by Gasteiger charge is -2.55. The summed E-state index contributed by atoms with van der Waals surface area (Å²) in [4.78, 5) is 26.9. The molecule has 4 saturated carbocycles. The van der Waals surface area contributed by atoms with Crippen LogP contribution in [0.1, 0.15) is 57.9 Å². The lowest BCUT2D eigenvalue weighted by molar-refractivity contribution is -0.152. The van der Waals surface area contributed by atoms with Gasteiger partial charge < -0.3 is 4.74 Å². The molecular weight excluding hydrogens is 428 g/mol. The maximum atomic E-state index is 13.3. The second-order valence-corrected chi connectivity index (χ2v) is 11.6.